The molecule has 4 nitrogen and oxygen atoms in total. The van der Waals surface area contributed by atoms with Crippen LogP contribution in [0, 0.1) is 0 Å². The Morgan fingerprint density at radius 2 is 1.95 bits per heavy atom. The molecule has 2 N–H and O–H groups in total. The molecule has 0 saturated heterocycles. The van der Waals surface area contributed by atoms with Crippen molar-refractivity contribution >= 4 is 53.1 Å². The lowest BCUT2D eigenvalue weighted by atomic mass is 10.2. The van der Waals surface area contributed by atoms with E-state index in [0.717, 1.165) is 24.6 Å². The molecule has 22 heavy (non-hydrogen) atoms. The Hall–Kier alpha value is -0.240. The van der Waals surface area contributed by atoms with Gasteiger partial charge in [0.1, 0.15) is 0 Å². The van der Waals surface area contributed by atoms with E-state index in [1.165, 1.54) is 0 Å². The molecule has 1 aromatic carbocycles. The molecule has 126 valence electrons. The molecule has 0 unspecified atom stereocenters. The van der Waals surface area contributed by atoms with Crippen LogP contribution in [0.4, 0.5) is 0 Å². The van der Waals surface area contributed by atoms with E-state index in [2.05, 4.69) is 41.4 Å². The van der Waals surface area contributed by atoms with Gasteiger partial charge in [-0.05, 0) is 38.6 Å². The number of halogens is 3. The van der Waals surface area contributed by atoms with E-state index in [1.807, 2.05) is 12.1 Å². The maximum atomic E-state index is 6.15. The van der Waals surface area contributed by atoms with Gasteiger partial charge < -0.3 is 15.5 Å². The van der Waals surface area contributed by atoms with Crippen LogP contribution in [0.1, 0.15) is 19.4 Å². The molecule has 1 rings (SSSR count). The molecular weight excluding hydrogens is 434 g/mol. The van der Waals surface area contributed by atoms with Crippen LogP contribution < -0.4 is 10.6 Å². The maximum Gasteiger partial charge on any atom is 0.191 e. The molecule has 0 aliphatic rings. The standard InChI is InChI=1S/C15H24Cl2N4.HI/c1-11(2)21(4)8-7-19-15(18-3)20-10-12-5-6-13(16)9-14(12)17;/h5-6,9,11H,7-8,10H2,1-4H3,(H2,18,19,20);1H. The third kappa shape index (κ3) is 7.85. The number of guanidine groups is 1. The van der Waals surface area contributed by atoms with Crippen LogP contribution in [0.25, 0.3) is 0 Å². The SMILES string of the molecule is CN=C(NCCN(C)C(C)C)NCc1ccc(Cl)cc1Cl.I. The van der Waals surface area contributed by atoms with E-state index in [-0.39, 0.29) is 24.0 Å². The average Bonchev–Trinajstić information content (AvgIpc) is 2.43. The summed E-state index contributed by atoms with van der Waals surface area (Å²) in [5.74, 6) is 0.762. The Labute approximate surface area is 160 Å². The van der Waals surface area contributed by atoms with Crippen LogP contribution in [0.5, 0.6) is 0 Å². The molecule has 0 bridgehead atoms. The third-order valence-electron chi connectivity index (χ3n) is 3.32. The molecular formula is C15H25Cl2IN4. The number of rotatable bonds is 6. The Morgan fingerprint density at radius 1 is 1.27 bits per heavy atom. The zero-order chi connectivity index (χ0) is 15.8. The fraction of sp³-hybridized carbons (Fsp3) is 0.533. The number of benzene rings is 1. The highest BCUT2D eigenvalue weighted by atomic mass is 127. The van der Waals surface area contributed by atoms with Gasteiger partial charge in [-0.2, -0.15) is 0 Å². The summed E-state index contributed by atoms with van der Waals surface area (Å²) in [7, 11) is 3.86. The van der Waals surface area contributed by atoms with Gasteiger partial charge in [0.25, 0.3) is 0 Å². The van der Waals surface area contributed by atoms with Gasteiger partial charge in [0, 0.05) is 42.8 Å². The van der Waals surface area contributed by atoms with Crippen LogP contribution in [0.2, 0.25) is 10.0 Å². The van der Waals surface area contributed by atoms with E-state index < -0.39 is 0 Å². The number of nitrogens with zero attached hydrogens (tertiary/aromatic N) is 2. The molecule has 0 atom stereocenters. The zero-order valence-corrected chi connectivity index (χ0v) is 17.3. The molecule has 0 radical (unpaired) electrons. The van der Waals surface area contributed by atoms with E-state index in [4.69, 9.17) is 23.2 Å². The second-order valence-electron chi connectivity index (χ2n) is 5.16. The van der Waals surface area contributed by atoms with E-state index in [1.54, 1.807) is 13.1 Å². The summed E-state index contributed by atoms with van der Waals surface area (Å²) in [6.45, 7) is 6.75. The van der Waals surface area contributed by atoms with Crippen molar-refractivity contribution in [1.82, 2.24) is 15.5 Å². The van der Waals surface area contributed by atoms with Crippen LogP contribution in [-0.4, -0.2) is 44.1 Å². The molecule has 1 aromatic rings. The van der Waals surface area contributed by atoms with E-state index >= 15 is 0 Å². The van der Waals surface area contributed by atoms with Gasteiger partial charge in [-0.15, -0.1) is 24.0 Å². The van der Waals surface area contributed by atoms with Gasteiger partial charge in [0.05, 0.1) is 0 Å². The van der Waals surface area contributed by atoms with Crippen molar-refractivity contribution < 1.29 is 0 Å². The average molecular weight is 459 g/mol. The number of likely N-dealkylation sites (N-methyl/N-ethyl adjacent to an activating group) is 1. The van der Waals surface area contributed by atoms with Crippen molar-refractivity contribution in [1.29, 1.82) is 0 Å². The highest BCUT2D eigenvalue weighted by molar-refractivity contribution is 14.0. The topological polar surface area (TPSA) is 39.7 Å². The number of hydrogen-bond acceptors (Lipinski definition) is 2. The summed E-state index contributed by atoms with van der Waals surface area (Å²) in [4.78, 5) is 6.47. The van der Waals surface area contributed by atoms with Gasteiger partial charge in [0.2, 0.25) is 0 Å². The lowest BCUT2D eigenvalue weighted by molar-refractivity contribution is 0.278. The normalized spacial score (nSPS) is 11.5. The highest BCUT2D eigenvalue weighted by Crippen LogP contribution is 2.20. The molecule has 0 heterocycles. The summed E-state index contributed by atoms with van der Waals surface area (Å²) >= 11 is 12.0. The summed E-state index contributed by atoms with van der Waals surface area (Å²) in [6, 6.07) is 6.03. The van der Waals surface area contributed by atoms with Crippen molar-refractivity contribution in [2.24, 2.45) is 4.99 Å². The van der Waals surface area contributed by atoms with E-state index in [0.29, 0.717) is 22.6 Å². The first-order valence-corrected chi connectivity index (χ1v) is 7.78. The smallest absolute Gasteiger partial charge is 0.191 e. The second-order valence-corrected chi connectivity index (χ2v) is 6.01. The lowest BCUT2D eigenvalue weighted by Crippen LogP contribution is -2.41. The van der Waals surface area contributed by atoms with Crippen LogP contribution >= 0.6 is 47.2 Å². The quantitative estimate of drug-likeness (QED) is 0.388. The highest BCUT2D eigenvalue weighted by Gasteiger charge is 2.05. The van der Waals surface area contributed by atoms with Crippen molar-refractivity contribution in [2.45, 2.75) is 26.4 Å². The molecule has 7 heteroatoms. The molecule has 0 saturated carbocycles. The van der Waals surface area contributed by atoms with Crippen LogP contribution in [0.3, 0.4) is 0 Å². The van der Waals surface area contributed by atoms with Crippen LogP contribution in [0.15, 0.2) is 23.2 Å². The first-order valence-electron chi connectivity index (χ1n) is 7.02. The summed E-state index contributed by atoms with van der Waals surface area (Å²) < 4.78 is 0. The molecule has 0 aromatic heterocycles. The molecule has 0 aliphatic carbocycles. The van der Waals surface area contributed by atoms with Gasteiger partial charge in [-0.25, -0.2) is 0 Å². The first kappa shape index (κ1) is 21.8. The predicted octanol–water partition coefficient (Wildman–Crippen LogP) is 3.62. The van der Waals surface area contributed by atoms with Gasteiger partial charge in [-0.1, -0.05) is 29.3 Å². The Morgan fingerprint density at radius 3 is 2.50 bits per heavy atom. The minimum atomic E-state index is 0. The maximum absolute atomic E-state index is 6.15. The molecule has 0 fully saturated rings. The lowest BCUT2D eigenvalue weighted by Gasteiger charge is -2.21. The Balaban J connectivity index is 0.00000441. The monoisotopic (exact) mass is 458 g/mol. The number of hydrogen-bond donors (Lipinski definition) is 2. The molecule has 0 spiro atoms. The van der Waals surface area contributed by atoms with Gasteiger partial charge in [-0.3, -0.25) is 4.99 Å². The van der Waals surface area contributed by atoms with Crippen molar-refractivity contribution in [3.05, 3.63) is 33.8 Å². The predicted molar refractivity (Wildman–Crippen MR) is 108 cm³/mol. The fourth-order valence-electron chi connectivity index (χ4n) is 1.67. The Kier molecular flexibility index (Phi) is 11.2. The van der Waals surface area contributed by atoms with Crippen LogP contribution in [-0.2, 0) is 6.54 Å². The minimum Gasteiger partial charge on any atom is -0.355 e. The fourth-order valence-corrected chi connectivity index (χ4v) is 2.15. The number of aliphatic imine (C=N–C) groups is 1. The zero-order valence-electron chi connectivity index (χ0n) is 13.5. The first-order chi connectivity index (χ1) is 9.93. The number of nitrogens with one attached hydrogen (secondary N) is 2. The van der Waals surface area contributed by atoms with Gasteiger partial charge in [0.15, 0.2) is 5.96 Å². The minimum absolute atomic E-state index is 0. The largest absolute Gasteiger partial charge is 0.355 e. The summed E-state index contributed by atoms with van der Waals surface area (Å²) in [6.07, 6.45) is 0. The van der Waals surface area contributed by atoms with Gasteiger partial charge >= 0.3 is 0 Å². The second kappa shape index (κ2) is 11.3. The van der Waals surface area contributed by atoms with Crippen molar-refractivity contribution in [2.75, 3.05) is 27.2 Å². The van der Waals surface area contributed by atoms with Crippen molar-refractivity contribution in [3.63, 3.8) is 0 Å². The van der Waals surface area contributed by atoms with E-state index in [9.17, 15) is 0 Å². The summed E-state index contributed by atoms with van der Waals surface area (Å²) in [5.41, 5.74) is 0.989. The molecule has 0 amide bonds. The Bertz CT molecular complexity index is 481. The molecule has 0 aliphatic heterocycles. The third-order valence-corrected chi connectivity index (χ3v) is 3.91. The summed E-state index contributed by atoms with van der Waals surface area (Å²) in [5, 5.41) is 7.83. The van der Waals surface area contributed by atoms with Crippen molar-refractivity contribution in [3.8, 4) is 0 Å².